The van der Waals surface area contributed by atoms with Gasteiger partial charge in [-0.05, 0) is 5.16 Å². The van der Waals surface area contributed by atoms with Gasteiger partial charge in [0, 0.05) is 12.1 Å². The van der Waals surface area contributed by atoms with Crippen LogP contribution in [0, 0.1) is 10.1 Å². The predicted octanol–water partition coefficient (Wildman–Crippen LogP) is 1.70. The van der Waals surface area contributed by atoms with Crippen molar-refractivity contribution in [3.63, 3.8) is 0 Å². The Kier molecular flexibility index (Phi) is 5.75. The molecule has 1 heterocycles. The summed E-state index contributed by atoms with van der Waals surface area (Å²) in [6.07, 6.45) is 0. The summed E-state index contributed by atoms with van der Waals surface area (Å²) in [7, 11) is 0. The Bertz CT molecular complexity index is 676. The number of hydrogen-bond acceptors (Lipinski definition) is 7. The van der Waals surface area contributed by atoms with E-state index in [-0.39, 0.29) is 30.7 Å². The van der Waals surface area contributed by atoms with Crippen LogP contribution in [0.1, 0.15) is 0 Å². The second-order valence-corrected chi connectivity index (χ2v) is 4.57. The number of aromatic nitrogens is 1. The molecule has 0 aliphatic heterocycles. The number of ether oxygens (including phenoxy) is 1. The smallest absolute Gasteiger partial charge is 0.294 e. The molecule has 0 bridgehead atoms. The molecular formula is C13H12ClN3O6. The van der Waals surface area contributed by atoms with Crippen LogP contribution in [0.2, 0.25) is 5.02 Å². The van der Waals surface area contributed by atoms with Crippen LogP contribution in [0.3, 0.4) is 0 Å². The fourth-order valence-corrected chi connectivity index (χ4v) is 1.85. The summed E-state index contributed by atoms with van der Waals surface area (Å²) in [6.45, 7) is -0.633. The number of nitrogens with zero attached hydrogens (tertiary/aromatic N) is 2. The van der Waals surface area contributed by atoms with Gasteiger partial charge in [-0.2, -0.15) is 0 Å². The van der Waals surface area contributed by atoms with Crippen LogP contribution in [0.15, 0.2) is 34.9 Å². The fourth-order valence-electron chi connectivity index (χ4n) is 1.62. The zero-order chi connectivity index (χ0) is 16.7. The van der Waals surface area contributed by atoms with E-state index >= 15 is 0 Å². The Morgan fingerprint density at radius 2 is 2.13 bits per heavy atom. The number of amides is 1. The summed E-state index contributed by atoms with van der Waals surface area (Å²) in [5, 5.41) is 15.2. The molecule has 10 heteroatoms. The Hall–Kier alpha value is -2.81. The molecule has 0 radical (unpaired) electrons. The first-order valence-electron chi connectivity index (χ1n) is 6.45. The second kappa shape index (κ2) is 7.99. The first kappa shape index (κ1) is 16.6. The lowest BCUT2D eigenvalue weighted by Gasteiger charge is -2.04. The highest BCUT2D eigenvalue weighted by molar-refractivity contribution is 6.34. The standard InChI is InChI=1S/C13H12ClN3O6/c14-11-12(9-4-2-1-3-5-9)23-16-13(11)21-8-10(18)15-6-7-22-17(19)20/h1-5H,6-8H2,(H,15,18). The molecule has 0 spiro atoms. The number of carbonyl (C=O) groups is 1. The lowest BCUT2D eigenvalue weighted by molar-refractivity contribution is -0.757. The van der Waals surface area contributed by atoms with E-state index in [1.807, 2.05) is 18.2 Å². The van der Waals surface area contributed by atoms with E-state index in [0.29, 0.717) is 5.76 Å². The van der Waals surface area contributed by atoms with Gasteiger partial charge in [-0.25, -0.2) is 0 Å². The second-order valence-electron chi connectivity index (χ2n) is 4.19. The van der Waals surface area contributed by atoms with Gasteiger partial charge in [0.1, 0.15) is 6.61 Å². The number of carbonyl (C=O) groups excluding carboxylic acids is 1. The highest BCUT2D eigenvalue weighted by Gasteiger charge is 2.17. The molecule has 0 atom stereocenters. The summed E-state index contributed by atoms with van der Waals surface area (Å²) < 4.78 is 10.3. The van der Waals surface area contributed by atoms with Crippen LogP contribution in [-0.2, 0) is 9.63 Å². The van der Waals surface area contributed by atoms with Crippen molar-refractivity contribution in [3.05, 3.63) is 45.5 Å². The third kappa shape index (κ3) is 4.85. The van der Waals surface area contributed by atoms with Crippen LogP contribution in [-0.4, -0.2) is 35.9 Å². The molecule has 0 aliphatic rings. The normalized spacial score (nSPS) is 10.1. The Morgan fingerprint density at radius 1 is 1.39 bits per heavy atom. The van der Waals surface area contributed by atoms with Crippen molar-refractivity contribution >= 4 is 17.5 Å². The molecule has 2 aromatic rings. The Balaban J connectivity index is 1.84. The van der Waals surface area contributed by atoms with Gasteiger partial charge in [0.25, 0.3) is 16.9 Å². The predicted molar refractivity (Wildman–Crippen MR) is 78.4 cm³/mol. The average Bonchev–Trinajstić information content (AvgIpc) is 2.91. The summed E-state index contributed by atoms with van der Waals surface area (Å²) >= 11 is 6.10. The quantitative estimate of drug-likeness (QED) is 0.441. The van der Waals surface area contributed by atoms with E-state index in [0.717, 1.165) is 5.56 Å². The molecule has 0 fully saturated rings. The van der Waals surface area contributed by atoms with Crippen molar-refractivity contribution in [1.82, 2.24) is 10.5 Å². The molecule has 0 saturated carbocycles. The van der Waals surface area contributed by atoms with Crippen molar-refractivity contribution in [2.75, 3.05) is 19.8 Å². The first-order chi connectivity index (χ1) is 11.1. The molecule has 1 amide bonds. The summed E-state index contributed by atoms with van der Waals surface area (Å²) in [6, 6.07) is 9.05. The molecule has 0 aliphatic carbocycles. The van der Waals surface area contributed by atoms with E-state index in [2.05, 4.69) is 15.3 Å². The van der Waals surface area contributed by atoms with Gasteiger partial charge in [-0.1, -0.05) is 41.9 Å². The maximum absolute atomic E-state index is 11.5. The first-order valence-corrected chi connectivity index (χ1v) is 6.83. The molecular weight excluding hydrogens is 330 g/mol. The highest BCUT2D eigenvalue weighted by Crippen LogP contribution is 2.34. The summed E-state index contributed by atoms with van der Waals surface area (Å²) in [4.78, 5) is 25.5. The average molecular weight is 342 g/mol. The number of rotatable bonds is 8. The number of halogens is 1. The minimum absolute atomic E-state index is 0.0118. The monoisotopic (exact) mass is 341 g/mol. The molecule has 23 heavy (non-hydrogen) atoms. The van der Waals surface area contributed by atoms with E-state index in [1.54, 1.807) is 12.1 Å². The van der Waals surface area contributed by atoms with E-state index in [4.69, 9.17) is 20.9 Å². The number of nitrogens with one attached hydrogen (secondary N) is 1. The van der Waals surface area contributed by atoms with Crippen LogP contribution in [0.25, 0.3) is 11.3 Å². The maximum atomic E-state index is 11.5. The minimum Gasteiger partial charge on any atom is -0.464 e. The minimum atomic E-state index is -0.942. The highest BCUT2D eigenvalue weighted by atomic mass is 35.5. The van der Waals surface area contributed by atoms with Crippen molar-refractivity contribution in [3.8, 4) is 17.2 Å². The van der Waals surface area contributed by atoms with Crippen LogP contribution < -0.4 is 10.1 Å². The third-order valence-electron chi connectivity index (χ3n) is 2.60. The molecule has 122 valence electrons. The van der Waals surface area contributed by atoms with Gasteiger partial charge >= 0.3 is 0 Å². The summed E-state index contributed by atoms with van der Waals surface area (Å²) in [5.41, 5.74) is 0.723. The van der Waals surface area contributed by atoms with Gasteiger partial charge in [-0.15, -0.1) is 10.1 Å². The van der Waals surface area contributed by atoms with E-state index in [9.17, 15) is 14.9 Å². The van der Waals surface area contributed by atoms with Crippen LogP contribution in [0.4, 0.5) is 0 Å². The van der Waals surface area contributed by atoms with E-state index < -0.39 is 11.0 Å². The van der Waals surface area contributed by atoms with Crippen molar-refractivity contribution in [2.45, 2.75) is 0 Å². The van der Waals surface area contributed by atoms with Crippen LogP contribution >= 0.6 is 11.6 Å². The van der Waals surface area contributed by atoms with E-state index in [1.165, 1.54) is 0 Å². The molecule has 9 nitrogen and oxygen atoms in total. The lowest BCUT2D eigenvalue weighted by atomic mass is 10.2. The fraction of sp³-hybridized carbons (Fsp3) is 0.231. The molecule has 1 aromatic carbocycles. The zero-order valence-electron chi connectivity index (χ0n) is 11.7. The van der Waals surface area contributed by atoms with Crippen LogP contribution in [0.5, 0.6) is 5.88 Å². The number of benzene rings is 1. The van der Waals surface area contributed by atoms with Crippen molar-refractivity contribution in [2.24, 2.45) is 0 Å². The Labute approximate surface area is 135 Å². The van der Waals surface area contributed by atoms with Crippen molar-refractivity contribution < 1.29 is 24.0 Å². The molecule has 2 rings (SSSR count). The van der Waals surface area contributed by atoms with Gasteiger partial charge in [0.15, 0.2) is 17.4 Å². The maximum Gasteiger partial charge on any atom is 0.294 e. The zero-order valence-corrected chi connectivity index (χ0v) is 12.5. The van der Waals surface area contributed by atoms with Gasteiger partial charge in [0.05, 0.1) is 0 Å². The molecule has 0 saturated heterocycles. The van der Waals surface area contributed by atoms with Crippen molar-refractivity contribution in [1.29, 1.82) is 0 Å². The topological polar surface area (TPSA) is 117 Å². The van der Waals surface area contributed by atoms with Gasteiger partial charge < -0.3 is 19.4 Å². The molecule has 1 N–H and O–H groups in total. The number of hydrogen-bond donors (Lipinski definition) is 1. The SMILES string of the molecule is O=C(COc1noc(-c2ccccc2)c1Cl)NCCO[N+](=O)[O-]. The van der Waals surface area contributed by atoms with Gasteiger partial charge in [-0.3, -0.25) is 4.79 Å². The summed E-state index contributed by atoms with van der Waals surface area (Å²) in [5.74, 6) is -0.179. The molecule has 1 aromatic heterocycles. The third-order valence-corrected chi connectivity index (χ3v) is 2.94. The largest absolute Gasteiger partial charge is 0.464 e. The lowest BCUT2D eigenvalue weighted by Crippen LogP contribution is -2.32. The molecule has 0 unspecified atom stereocenters. The Morgan fingerprint density at radius 3 is 2.83 bits per heavy atom. The van der Waals surface area contributed by atoms with Gasteiger partial charge in [0.2, 0.25) is 0 Å².